The Kier molecular flexibility index (Phi) is 5.17. The third-order valence-electron chi connectivity index (χ3n) is 4.78. The van der Waals surface area contributed by atoms with Crippen molar-refractivity contribution in [1.82, 2.24) is 0 Å². The minimum absolute atomic E-state index is 0.321. The normalized spacial score (nSPS) is 21.0. The Morgan fingerprint density at radius 3 is 2.40 bits per heavy atom. The maximum absolute atomic E-state index is 14.1. The van der Waals surface area contributed by atoms with Crippen LogP contribution in [0.25, 0.3) is 0 Å². The highest BCUT2D eigenvalue weighted by molar-refractivity contribution is 5.27. The topological polar surface area (TPSA) is 46.2 Å². The van der Waals surface area contributed by atoms with Crippen molar-refractivity contribution in [2.45, 2.75) is 58.0 Å². The molecule has 1 aliphatic carbocycles. The largest absolute Gasteiger partial charge is 0.388 e. The second-order valence-electron chi connectivity index (χ2n) is 6.26. The van der Waals surface area contributed by atoms with E-state index in [2.05, 4.69) is 0 Å². The van der Waals surface area contributed by atoms with E-state index < -0.39 is 6.10 Å². The van der Waals surface area contributed by atoms with E-state index in [0.29, 0.717) is 12.1 Å². The average Bonchev–Trinajstić information content (AvgIpc) is 2.41. The van der Waals surface area contributed by atoms with Gasteiger partial charge in [0.1, 0.15) is 5.82 Å². The Morgan fingerprint density at radius 1 is 1.20 bits per heavy atom. The highest BCUT2D eigenvalue weighted by atomic mass is 19.1. The second kappa shape index (κ2) is 6.68. The number of aliphatic hydroxyl groups excluding tert-OH is 1. The fraction of sp³-hybridized carbons (Fsp3) is 0.647. The van der Waals surface area contributed by atoms with Gasteiger partial charge in [0.05, 0.1) is 6.10 Å². The highest BCUT2D eigenvalue weighted by Gasteiger charge is 2.38. The van der Waals surface area contributed by atoms with Gasteiger partial charge in [0, 0.05) is 17.5 Å². The molecule has 1 fully saturated rings. The number of aryl methyl sites for hydroxylation is 1. The predicted octanol–water partition coefficient (Wildman–Crippen LogP) is 3.86. The molecule has 3 heteroatoms. The van der Waals surface area contributed by atoms with Crippen molar-refractivity contribution in [3.8, 4) is 0 Å². The molecule has 0 bridgehead atoms. The first kappa shape index (κ1) is 15.5. The number of aliphatic hydroxyl groups is 1. The summed E-state index contributed by atoms with van der Waals surface area (Å²) in [6, 6.07) is 4.94. The van der Waals surface area contributed by atoms with Crippen LogP contribution in [0.2, 0.25) is 0 Å². The standard InChI is InChI=1S/C17H26FNO/c1-13-7-8-15(18)14(11-13)16(20)17(12-19)9-5-3-2-4-6-10-17/h7-8,11,16,20H,2-6,9-10,12,19H2,1H3. The van der Waals surface area contributed by atoms with Crippen LogP contribution in [0.3, 0.4) is 0 Å². The molecule has 1 aromatic rings. The van der Waals surface area contributed by atoms with Crippen LogP contribution in [0.4, 0.5) is 4.39 Å². The zero-order chi connectivity index (χ0) is 14.6. The summed E-state index contributed by atoms with van der Waals surface area (Å²) in [5.74, 6) is -0.321. The van der Waals surface area contributed by atoms with Crippen molar-refractivity contribution >= 4 is 0 Å². The van der Waals surface area contributed by atoms with E-state index in [4.69, 9.17) is 5.73 Å². The summed E-state index contributed by atoms with van der Waals surface area (Å²) in [4.78, 5) is 0. The molecule has 0 heterocycles. The Hall–Kier alpha value is -0.930. The molecule has 1 aromatic carbocycles. The Labute approximate surface area is 121 Å². The van der Waals surface area contributed by atoms with Crippen molar-refractivity contribution in [3.05, 3.63) is 35.1 Å². The predicted molar refractivity (Wildman–Crippen MR) is 79.9 cm³/mol. The molecule has 2 nitrogen and oxygen atoms in total. The molecule has 2 rings (SSSR count). The van der Waals surface area contributed by atoms with Gasteiger partial charge in [-0.3, -0.25) is 0 Å². The summed E-state index contributed by atoms with van der Waals surface area (Å²) < 4.78 is 14.1. The number of nitrogens with two attached hydrogens (primary N) is 1. The first-order chi connectivity index (χ1) is 9.59. The number of hydrogen-bond donors (Lipinski definition) is 2. The van der Waals surface area contributed by atoms with Gasteiger partial charge < -0.3 is 10.8 Å². The molecule has 0 amide bonds. The molecule has 20 heavy (non-hydrogen) atoms. The van der Waals surface area contributed by atoms with Crippen LogP contribution in [0, 0.1) is 18.2 Å². The van der Waals surface area contributed by atoms with Gasteiger partial charge in [0.25, 0.3) is 0 Å². The lowest BCUT2D eigenvalue weighted by Gasteiger charge is -2.39. The van der Waals surface area contributed by atoms with Crippen LogP contribution in [0.1, 0.15) is 62.2 Å². The first-order valence-corrected chi connectivity index (χ1v) is 7.73. The molecule has 0 aliphatic heterocycles. The van der Waals surface area contributed by atoms with E-state index >= 15 is 0 Å². The highest BCUT2D eigenvalue weighted by Crippen LogP contribution is 2.44. The summed E-state index contributed by atoms with van der Waals surface area (Å²) in [5.41, 5.74) is 7.02. The second-order valence-corrected chi connectivity index (χ2v) is 6.26. The zero-order valence-corrected chi connectivity index (χ0v) is 12.4. The summed E-state index contributed by atoms with van der Waals surface area (Å²) in [5, 5.41) is 10.8. The summed E-state index contributed by atoms with van der Waals surface area (Å²) in [6.45, 7) is 2.34. The molecule has 0 aromatic heterocycles. The minimum atomic E-state index is -0.800. The first-order valence-electron chi connectivity index (χ1n) is 7.73. The van der Waals surface area contributed by atoms with Gasteiger partial charge in [0.2, 0.25) is 0 Å². The molecule has 0 spiro atoms. The number of hydrogen-bond acceptors (Lipinski definition) is 2. The molecule has 1 saturated carbocycles. The number of rotatable bonds is 3. The monoisotopic (exact) mass is 279 g/mol. The number of benzene rings is 1. The smallest absolute Gasteiger partial charge is 0.129 e. The SMILES string of the molecule is Cc1ccc(F)c(C(O)C2(CN)CCCCCCC2)c1. The fourth-order valence-electron chi connectivity index (χ4n) is 3.40. The van der Waals surface area contributed by atoms with Crippen LogP contribution >= 0.6 is 0 Å². The Bertz CT molecular complexity index is 439. The van der Waals surface area contributed by atoms with E-state index in [9.17, 15) is 9.50 Å². The lowest BCUT2D eigenvalue weighted by atomic mass is 9.70. The zero-order valence-electron chi connectivity index (χ0n) is 12.4. The van der Waals surface area contributed by atoms with Crippen molar-refractivity contribution in [1.29, 1.82) is 0 Å². The lowest BCUT2D eigenvalue weighted by molar-refractivity contribution is 0.00611. The van der Waals surface area contributed by atoms with Crippen LogP contribution in [-0.4, -0.2) is 11.7 Å². The molecule has 0 radical (unpaired) electrons. The molecular weight excluding hydrogens is 253 g/mol. The molecular formula is C17H26FNO. The van der Waals surface area contributed by atoms with Gasteiger partial charge in [0.15, 0.2) is 0 Å². The summed E-state index contributed by atoms with van der Waals surface area (Å²) >= 11 is 0. The Morgan fingerprint density at radius 2 is 1.80 bits per heavy atom. The van der Waals surface area contributed by atoms with Gasteiger partial charge in [-0.25, -0.2) is 4.39 Å². The number of halogens is 1. The summed E-state index contributed by atoms with van der Waals surface area (Å²) in [7, 11) is 0. The Balaban J connectivity index is 2.30. The van der Waals surface area contributed by atoms with Gasteiger partial charge >= 0.3 is 0 Å². The lowest BCUT2D eigenvalue weighted by Crippen LogP contribution is -2.38. The third kappa shape index (κ3) is 3.21. The van der Waals surface area contributed by atoms with Crippen molar-refractivity contribution in [2.24, 2.45) is 11.1 Å². The van der Waals surface area contributed by atoms with Crippen LogP contribution in [-0.2, 0) is 0 Å². The van der Waals surface area contributed by atoms with Gasteiger partial charge in [-0.2, -0.15) is 0 Å². The fourth-order valence-corrected chi connectivity index (χ4v) is 3.40. The van der Waals surface area contributed by atoms with E-state index in [0.717, 1.165) is 31.2 Å². The third-order valence-corrected chi connectivity index (χ3v) is 4.78. The van der Waals surface area contributed by atoms with Gasteiger partial charge in [-0.15, -0.1) is 0 Å². The van der Waals surface area contributed by atoms with Crippen LogP contribution in [0.5, 0.6) is 0 Å². The maximum atomic E-state index is 14.1. The van der Waals surface area contributed by atoms with E-state index in [1.54, 1.807) is 12.1 Å². The molecule has 1 unspecified atom stereocenters. The van der Waals surface area contributed by atoms with Crippen molar-refractivity contribution in [2.75, 3.05) is 6.54 Å². The van der Waals surface area contributed by atoms with Crippen molar-refractivity contribution < 1.29 is 9.50 Å². The molecule has 3 N–H and O–H groups in total. The van der Waals surface area contributed by atoms with E-state index in [-0.39, 0.29) is 11.2 Å². The van der Waals surface area contributed by atoms with Crippen molar-refractivity contribution in [3.63, 3.8) is 0 Å². The average molecular weight is 279 g/mol. The molecule has 112 valence electrons. The minimum Gasteiger partial charge on any atom is -0.388 e. The summed E-state index contributed by atoms with van der Waals surface area (Å²) in [6.07, 6.45) is 6.75. The molecule has 0 saturated heterocycles. The molecule has 1 aliphatic rings. The maximum Gasteiger partial charge on any atom is 0.129 e. The van der Waals surface area contributed by atoms with Crippen LogP contribution in [0.15, 0.2) is 18.2 Å². The van der Waals surface area contributed by atoms with E-state index in [1.165, 1.54) is 25.3 Å². The van der Waals surface area contributed by atoms with E-state index in [1.807, 2.05) is 6.92 Å². The van der Waals surface area contributed by atoms with Gasteiger partial charge in [-0.05, 0) is 25.8 Å². The quantitative estimate of drug-likeness (QED) is 0.882. The molecule has 1 atom stereocenters. The van der Waals surface area contributed by atoms with Gasteiger partial charge in [-0.1, -0.05) is 49.8 Å². The van der Waals surface area contributed by atoms with Crippen LogP contribution < -0.4 is 5.73 Å².